The van der Waals surface area contributed by atoms with Gasteiger partial charge in [-0.15, -0.1) is 0 Å². The van der Waals surface area contributed by atoms with Crippen molar-refractivity contribution in [2.45, 2.75) is 89.9 Å². The van der Waals surface area contributed by atoms with Gasteiger partial charge in [-0.2, -0.15) is 0 Å². The van der Waals surface area contributed by atoms with Gasteiger partial charge in [0.05, 0.1) is 37.8 Å². The largest absolute Gasteiger partial charge is 0.493 e. The van der Waals surface area contributed by atoms with Crippen molar-refractivity contribution in [3.05, 3.63) is 53.9 Å². The first-order valence-corrected chi connectivity index (χ1v) is 13.1. The molecule has 2 aromatic rings. The zero-order valence-corrected chi connectivity index (χ0v) is 22.5. The summed E-state index contributed by atoms with van der Waals surface area (Å²) in [6.45, 7) is 6.39. The minimum Gasteiger partial charge on any atom is -0.493 e. The number of nitrogens with zero attached hydrogens (tertiary/aromatic N) is 1. The van der Waals surface area contributed by atoms with Crippen molar-refractivity contribution in [3.8, 4) is 5.75 Å². The molecule has 1 N–H and O–H groups in total. The van der Waals surface area contributed by atoms with Crippen LogP contribution in [0.1, 0.15) is 82.9 Å². The molecule has 1 aromatic heterocycles. The summed E-state index contributed by atoms with van der Waals surface area (Å²) in [4.78, 5) is 27.9. The van der Waals surface area contributed by atoms with Crippen LogP contribution in [0.15, 0.2) is 42.6 Å². The summed E-state index contributed by atoms with van der Waals surface area (Å²) >= 11 is 0. The number of carbonyl (C=O) groups excluding carboxylic acids is 2. The van der Waals surface area contributed by atoms with E-state index in [-0.39, 0.29) is 12.1 Å². The van der Waals surface area contributed by atoms with Crippen molar-refractivity contribution in [2.24, 2.45) is 0 Å². The van der Waals surface area contributed by atoms with Gasteiger partial charge in [0.1, 0.15) is 11.4 Å². The van der Waals surface area contributed by atoms with E-state index in [0.29, 0.717) is 36.9 Å². The number of para-hydroxylation sites is 1. The van der Waals surface area contributed by atoms with E-state index in [1.54, 1.807) is 18.3 Å². The Morgan fingerprint density at radius 1 is 1.03 bits per heavy atom. The normalized spacial score (nSPS) is 17.6. The Morgan fingerprint density at radius 2 is 1.78 bits per heavy atom. The first-order chi connectivity index (χ1) is 17.7. The molecule has 0 radical (unpaired) electrons. The first-order valence-electron chi connectivity index (χ1n) is 13.1. The predicted octanol–water partition coefficient (Wildman–Crippen LogP) is 6.39. The van der Waals surface area contributed by atoms with E-state index in [1.165, 1.54) is 12.7 Å². The standard InChI is InChI=1S/C29H40N2O6/c1-29(2,3)37-28(33)31-24-11-9-18-30-25(24)20-36-22-16-14-21(15-17-22)23-10-5-6-12-26(23)35-19-8-7-13-27(32)34-4/h5-6,9-12,18,21-22H,7-8,13-17,19-20H2,1-4H3,(H,31,33)/t21-,22+. The smallest absolute Gasteiger partial charge is 0.412 e. The monoisotopic (exact) mass is 512 g/mol. The average Bonchev–Trinajstić information content (AvgIpc) is 2.87. The number of nitrogens with one attached hydrogen (secondary N) is 1. The number of unbranched alkanes of at least 4 members (excludes halogenated alkanes) is 1. The maximum Gasteiger partial charge on any atom is 0.412 e. The fourth-order valence-electron chi connectivity index (χ4n) is 4.42. The molecule has 8 heteroatoms. The van der Waals surface area contributed by atoms with Gasteiger partial charge in [0.2, 0.25) is 0 Å². The Morgan fingerprint density at radius 3 is 2.51 bits per heavy atom. The SMILES string of the molecule is COC(=O)CCCCOc1ccccc1[C@H]1CC[C@@H](OCc2ncccc2NC(=O)OC(C)(C)C)CC1. The lowest BCUT2D eigenvalue weighted by atomic mass is 9.82. The minimum atomic E-state index is -0.574. The van der Waals surface area contributed by atoms with Crippen molar-refractivity contribution in [1.29, 1.82) is 0 Å². The lowest BCUT2D eigenvalue weighted by Gasteiger charge is -2.30. The minimum absolute atomic E-state index is 0.138. The lowest BCUT2D eigenvalue weighted by molar-refractivity contribution is -0.140. The number of ether oxygens (including phenoxy) is 4. The van der Waals surface area contributed by atoms with E-state index in [4.69, 9.17) is 14.2 Å². The van der Waals surface area contributed by atoms with Crippen LogP contribution in [0.3, 0.4) is 0 Å². The number of carbonyl (C=O) groups is 2. The number of aromatic nitrogens is 1. The summed E-state index contributed by atoms with van der Waals surface area (Å²) in [5, 5.41) is 2.78. The number of rotatable bonds is 11. The highest BCUT2D eigenvalue weighted by molar-refractivity contribution is 5.85. The molecule has 1 fully saturated rings. The molecule has 1 amide bonds. The van der Waals surface area contributed by atoms with Crippen LogP contribution in [0.25, 0.3) is 0 Å². The van der Waals surface area contributed by atoms with Crippen LogP contribution < -0.4 is 10.1 Å². The highest BCUT2D eigenvalue weighted by Crippen LogP contribution is 2.38. The third-order valence-electron chi connectivity index (χ3n) is 6.28. The maximum atomic E-state index is 12.2. The van der Waals surface area contributed by atoms with Gasteiger partial charge in [-0.05, 0) is 89.0 Å². The van der Waals surface area contributed by atoms with E-state index < -0.39 is 11.7 Å². The number of methoxy groups -OCH3 is 1. The summed E-state index contributed by atoms with van der Waals surface area (Å²) < 4.78 is 22.3. The Balaban J connectivity index is 1.47. The highest BCUT2D eigenvalue weighted by Gasteiger charge is 2.25. The van der Waals surface area contributed by atoms with Crippen LogP contribution in [0, 0.1) is 0 Å². The zero-order chi connectivity index (χ0) is 26.7. The molecule has 0 aliphatic heterocycles. The van der Waals surface area contributed by atoms with Crippen molar-refractivity contribution in [3.63, 3.8) is 0 Å². The van der Waals surface area contributed by atoms with E-state index in [1.807, 2.05) is 32.9 Å². The Kier molecular flexibility index (Phi) is 10.7. The molecule has 0 spiro atoms. The van der Waals surface area contributed by atoms with Gasteiger partial charge in [0.15, 0.2) is 0 Å². The maximum absolute atomic E-state index is 12.2. The second-order valence-electron chi connectivity index (χ2n) is 10.3. The van der Waals surface area contributed by atoms with E-state index in [2.05, 4.69) is 27.2 Å². The Bertz CT molecular complexity index is 1010. The van der Waals surface area contributed by atoms with Crippen molar-refractivity contribution in [2.75, 3.05) is 19.0 Å². The Labute approximate surface area is 220 Å². The molecule has 8 nitrogen and oxygen atoms in total. The summed E-state index contributed by atoms with van der Waals surface area (Å²) in [5.74, 6) is 1.17. The van der Waals surface area contributed by atoms with Crippen LogP contribution in [-0.4, -0.2) is 42.5 Å². The molecule has 202 valence electrons. The quantitative estimate of drug-likeness (QED) is 0.275. The van der Waals surface area contributed by atoms with Crippen molar-refractivity contribution in [1.82, 2.24) is 4.98 Å². The molecule has 1 aliphatic carbocycles. The zero-order valence-electron chi connectivity index (χ0n) is 22.5. The molecular formula is C29H40N2O6. The second-order valence-corrected chi connectivity index (χ2v) is 10.3. The topological polar surface area (TPSA) is 96.0 Å². The molecule has 0 atom stereocenters. The molecule has 1 heterocycles. The average molecular weight is 513 g/mol. The molecule has 37 heavy (non-hydrogen) atoms. The summed E-state index contributed by atoms with van der Waals surface area (Å²) in [7, 11) is 1.41. The molecule has 1 aromatic carbocycles. The van der Waals surface area contributed by atoms with Gasteiger partial charge >= 0.3 is 12.1 Å². The molecule has 0 saturated heterocycles. The number of benzene rings is 1. The number of hydrogen-bond acceptors (Lipinski definition) is 7. The van der Waals surface area contributed by atoms with Crippen LogP contribution in [0.5, 0.6) is 5.75 Å². The van der Waals surface area contributed by atoms with Gasteiger partial charge in [0, 0.05) is 12.6 Å². The van der Waals surface area contributed by atoms with Crippen molar-refractivity contribution < 1.29 is 28.5 Å². The fourth-order valence-corrected chi connectivity index (χ4v) is 4.42. The molecule has 0 bridgehead atoms. The van der Waals surface area contributed by atoms with Crippen molar-refractivity contribution >= 4 is 17.7 Å². The fraction of sp³-hybridized carbons (Fsp3) is 0.552. The number of esters is 1. The number of pyridine rings is 1. The van der Waals surface area contributed by atoms with Gasteiger partial charge in [-0.25, -0.2) is 4.79 Å². The van der Waals surface area contributed by atoms with Gasteiger partial charge in [-0.3, -0.25) is 15.1 Å². The van der Waals surface area contributed by atoms with Crippen LogP contribution in [0.2, 0.25) is 0 Å². The van der Waals surface area contributed by atoms with E-state index in [0.717, 1.165) is 44.3 Å². The predicted molar refractivity (Wildman–Crippen MR) is 142 cm³/mol. The molecular weight excluding hydrogens is 472 g/mol. The highest BCUT2D eigenvalue weighted by atomic mass is 16.6. The summed E-state index contributed by atoms with van der Waals surface area (Å²) in [5.41, 5.74) is 1.95. The van der Waals surface area contributed by atoms with Crippen LogP contribution in [0.4, 0.5) is 10.5 Å². The molecule has 3 rings (SSSR count). The van der Waals surface area contributed by atoms with Gasteiger partial charge < -0.3 is 18.9 Å². The first kappa shape index (κ1) is 28.4. The third-order valence-corrected chi connectivity index (χ3v) is 6.28. The van der Waals surface area contributed by atoms with Crippen LogP contribution >= 0.6 is 0 Å². The molecule has 1 saturated carbocycles. The van der Waals surface area contributed by atoms with E-state index in [9.17, 15) is 9.59 Å². The summed E-state index contributed by atoms with van der Waals surface area (Å²) in [6, 6.07) is 11.8. The number of amides is 1. The molecule has 0 unspecified atom stereocenters. The molecule has 1 aliphatic rings. The third kappa shape index (κ3) is 9.69. The summed E-state index contributed by atoms with van der Waals surface area (Å²) in [6.07, 6.45) is 7.22. The second kappa shape index (κ2) is 14.0. The Hall–Kier alpha value is -3.13. The number of anilines is 1. The van der Waals surface area contributed by atoms with Crippen LogP contribution in [-0.2, 0) is 25.6 Å². The van der Waals surface area contributed by atoms with E-state index >= 15 is 0 Å². The number of hydrogen-bond donors (Lipinski definition) is 1. The van der Waals surface area contributed by atoms with Gasteiger partial charge in [0.25, 0.3) is 0 Å². The lowest BCUT2D eigenvalue weighted by Crippen LogP contribution is -2.27. The van der Waals surface area contributed by atoms with Gasteiger partial charge in [-0.1, -0.05) is 18.2 Å².